The fourth-order valence-corrected chi connectivity index (χ4v) is 2.65. The summed E-state index contributed by atoms with van der Waals surface area (Å²) in [6.45, 7) is 0.0616. The number of nitrogens with one attached hydrogen (secondary N) is 2. The number of amides is 2. The first-order valence-electron chi connectivity index (χ1n) is 7.46. The highest BCUT2D eigenvalue weighted by molar-refractivity contribution is 6.30. The number of carbonyl (C=O) groups excluding carboxylic acids is 2. The van der Waals surface area contributed by atoms with Crippen LogP contribution in [0, 0.1) is 5.92 Å². The van der Waals surface area contributed by atoms with Crippen molar-refractivity contribution < 1.29 is 9.59 Å². The van der Waals surface area contributed by atoms with Crippen LogP contribution >= 0.6 is 11.6 Å². The van der Waals surface area contributed by atoms with Gasteiger partial charge in [0.2, 0.25) is 11.8 Å². The van der Waals surface area contributed by atoms with Crippen LogP contribution in [0.5, 0.6) is 0 Å². The van der Waals surface area contributed by atoms with Crippen molar-refractivity contribution in [3.8, 4) is 0 Å². The van der Waals surface area contributed by atoms with Crippen LogP contribution in [0.25, 0.3) is 0 Å². The predicted molar refractivity (Wildman–Crippen MR) is 81.1 cm³/mol. The molecule has 2 N–H and O–H groups in total. The molecule has 1 unspecified atom stereocenters. The van der Waals surface area contributed by atoms with Crippen molar-refractivity contribution in [3.63, 3.8) is 0 Å². The normalized spacial score (nSPS) is 18.9. The lowest BCUT2D eigenvalue weighted by Crippen LogP contribution is -2.40. The van der Waals surface area contributed by atoms with Gasteiger partial charge in [0.1, 0.15) is 0 Å². The number of hydrogen-bond acceptors (Lipinski definition) is 2. The highest BCUT2D eigenvalue weighted by Crippen LogP contribution is 2.42. The maximum absolute atomic E-state index is 12.4. The molecule has 3 rings (SSSR count). The minimum Gasteiger partial charge on any atom is -0.352 e. The van der Waals surface area contributed by atoms with Gasteiger partial charge in [-0.25, -0.2) is 0 Å². The molecule has 0 saturated heterocycles. The first-order valence-corrected chi connectivity index (χ1v) is 7.84. The number of hydrogen-bond donors (Lipinski definition) is 2. The second-order valence-corrected chi connectivity index (χ2v) is 6.36. The molecule has 2 amide bonds. The van der Waals surface area contributed by atoms with Crippen LogP contribution in [0.4, 0.5) is 0 Å². The fourth-order valence-electron chi connectivity index (χ4n) is 2.52. The molecule has 2 aliphatic carbocycles. The first kappa shape index (κ1) is 14.4. The lowest BCUT2D eigenvalue weighted by molar-refractivity contribution is -0.127. The molecule has 2 saturated carbocycles. The van der Waals surface area contributed by atoms with Crippen molar-refractivity contribution in [2.75, 3.05) is 6.54 Å². The van der Waals surface area contributed by atoms with E-state index in [4.69, 9.17) is 11.6 Å². The van der Waals surface area contributed by atoms with Gasteiger partial charge in [-0.05, 0) is 49.3 Å². The molecule has 2 aliphatic rings. The zero-order valence-corrected chi connectivity index (χ0v) is 12.5. The Bertz CT molecular complexity index is 536. The average Bonchev–Trinajstić information content (AvgIpc) is 3.33. The highest BCUT2D eigenvalue weighted by atomic mass is 35.5. The standard InChI is InChI=1S/C16H19ClN2O2/c17-12-5-3-11(4-6-12)15(10-1-2-10)16(21)18-9-14(20)19-13-7-8-13/h3-6,10,13,15H,1-2,7-9H2,(H,18,21)(H,19,20). The zero-order chi connectivity index (χ0) is 14.8. The van der Waals surface area contributed by atoms with E-state index in [0.29, 0.717) is 17.0 Å². The van der Waals surface area contributed by atoms with Crippen molar-refractivity contribution in [2.45, 2.75) is 37.6 Å². The van der Waals surface area contributed by atoms with E-state index >= 15 is 0 Å². The summed E-state index contributed by atoms with van der Waals surface area (Å²) in [4.78, 5) is 24.0. The summed E-state index contributed by atoms with van der Waals surface area (Å²) in [5, 5.41) is 6.30. The molecular formula is C16H19ClN2O2. The number of carbonyl (C=O) groups is 2. The maximum Gasteiger partial charge on any atom is 0.239 e. The maximum atomic E-state index is 12.4. The molecule has 1 aromatic carbocycles. The molecule has 0 spiro atoms. The quantitative estimate of drug-likeness (QED) is 0.847. The molecule has 5 heteroatoms. The molecule has 1 aromatic rings. The minimum atomic E-state index is -0.170. The number of halogens is 1. The summed E-state index contributed by atoms with van der Waals surface area (Å²) >= 11 is 5.89. The van der Waals surface area contributed by atoms with Crippen LogP contribution in [0.2, 0.25) is 5.02 Å². The topological polar surface area (TPSA) is 58.2 Å². The molecule has 0 heterocycles. The third-order valence-corrected chi connectivity index (χ3v) is 4.22. The Morgan fingerprint density at radius 3 is 2.38 bits per heavy atom. The fraction of sp³-hybridized carbons (Fsp3) is 0.500. The molecule has 112 valence electrons. The summed E-state index contributed by atoms with van der Waals surface area (Å²) < 4.78 is 0. The van der Waals surface area contributed by atoms with Gasteiger partial charge in [0.15, 0.2) is 0 Å². The minimum absolute atomic E-state index is 0.0616. The average molecular weight is 307 g/mol. The largest absolute Gasteiger partial charge is 0.352 e. The van der Waals surface area contributed by atoms with E-state index in [1.165, 1.54) is 0 Å². The van der Waals surface area contributed by atoms with Gasteiger partial charge < -0.3 is 10.6 Å². The molecule has 4 nitrogen and oxygen atoms in total. The molecule has 0 bridgehead atoms. The lowest BCUT2D eigenvalue weighted by Gasteiger charge is -2.16. The first-order chi connectivity index (χ1) is 10.1. The van der Waals surface area contributed by atoms with Gasteiger partial charge >= 0.3 is 0 Å². The van der Waals surface area contributed by atoms with E-state index in [2.05, 4.69) is 10.6 Å². The van der Waals surface area contributed by atoms with Crippen molar-refractivity contribution in [1.29, 1.82) is 0 Å². The number of rotatable bonds is 6. The monoisotopic (exact) mass is 306 g/mol. The van der Waals surface area contributed by atoms with Crippen molar-refractivity contribution >= 4 is 23.4 Å². The van der Waals surface area contributed by atoms with E-state index in [-0.39, 0.29) is 24.3 Å². The molecule has 0 radical (unpaired) electrons. The second kappa shape index (κ2) is 6.06. The summed E-state index contributed by atoms with van der Waals surface area (Å²) in [6, 6.07) is 7.73. The molecule has 0 aromatic heterocycles. The number of benzene rings is 1. The van der Waals surface area contributed by atoms with Gasteiger partial charge in [-0.2, -0.15) is 0 Å². The molecular weight excluding hydrogens is 288 g/mol. The highest BCUT2D eigenvalue weighted by Gasteiger charge is 2.37. The Labute approximate surface area is 129 Å². The smallest absolute Gasteiger partial charge is 0.239 e. The van der Waals surface area contributed by atoms with Crippen molar-refractivity contribution in [3.05, 3.63) is 34.9 Å². The van der Waals surface area contributed by atoms with Crippen LogP contribution in [0.1, 0.15) is 37.2 Å². The summed E-state index contributed by atoms with van der Waals surface area (Å²) in [5.74, 6) is 0.0518. The van der Waals surface area contributed by atoms with Crippen LogP contribution in [-0.4, -0.2) is 24.4 Å². The van der Waals surface area contributed by atoms with E-state index in [9.17, 15) is 9.59 Å². The van der Waals surface area contributed by atoms with Crippen LogP contribution in [0.3, 0.4) is 0 Å². The van der Waals surface area contributed by atoms with Gasteiger partial charge in [0, 0.05) is 11.1 Å². The van der Waals surface area contributed by atoms with Gasteiger partial charge in [-0.1, -0.05) is 23.7 Å². The van der Waals surface area contributed by atoms with E-state index < -0.39 is 0 Å². The third kappa shape index (κ3) is 3.97. The van der Waals surface area contributed by atoms with Crippen LogP contribution in [-0.2, 0) is 9.59 Å². The SMILES string of the molecule is O=C(CNC(=O)C(c1ccc(Cl)cc1)C1CC1)NC1CC1. The Balaban J connectivity index is 1.59. The zero-order valence-electron chi connectivity index (χ0n) is 11.8. The van der Waals surface area contributed by atoms with E-state index in [1.54, 1.807) is 12.1 Å². The Morgan fingerprint density at radius 2 is 1.81 bits per heavy atom. The van der Waals surface area contributed by atoms with Gasteiger partial charge in [0.25, 0.3) is 0 Å². The Hall–Kier alpha value is -1.55. The van der Waals surface area contributed by atoms with Crippen molar-refractivity contribution in [2.24, 2.45) is 5.92 Å². The van der Waals surface area contributed by atoms with Gasteiger partial charge in [-0.3, -0.25) is 9.59 Å². The second-order valence-electron chi connectivity index (χ2n) is 5.93. The van der Waals surface area contributed by atoms with E-state index in [1.807, 2.05) is 12.1 Å². The summed E-state index contributed by atoms with van der Waals surface area (Å²) in [7, 11) is 0. The van der Waals surface area contributed by atoms with E-state index in [0.717, 1.165) is 31.2 Å². The molecule has 2 fully saturated rings. The van der Waals surface area contributed by atoms with Gasteiger partial charge in [-0.15, -0.1) is 0 Å². The molecule has 0 aliphatic heterocycles. The lowest BCUT2D eigenvalue weighted by atomic mass is 9.93. The van der Waals surface area contributed by atoms with Crippen LogP contribution in [0.15, 0.2) is 24.3 Å². The summed E-state index contributed by atoms with van der Waals surface area (Å²) in [5.41, 5.74) is 0.974. The Kier molecular flexibility index (Phi) is 4.15. The molecule has 1 atom stereocenters. The Morgan fingerprint density at radius 1 is 1.14 bits per heavy atom. The van der Waals surface area contributed by atoms with Crippen LogP contribution < -0.4 is 10.6 Å². The summed E-state index contributed by atoms with van der Waals surface area (Å²) in [6.07, 6.45) is 4.23. The predicted octanol–water partition coefficient (Wildman–Crippen LogP) is 2.23. The molecule has 21 heavy (non-hydrogen) atoms. The third-order valence-electron chi connectivity index (χ3n) is 3.97. The van der Waals surface area contributed by atoms with Gasteiger partial charge in [0.05, 0.1) is 12.5 Å². The van der Waals surface area contributed by atoms with Crippen molar-refractivity contribution in [1.82, 2.24) is 10.6 Å².